The predicted molar refractivity (Wildman–Crippen MR) is 109 cm³/mol. The number of thioether (sulfide) groups is 2. The van der Waals surface area contributed by atoms with Gasteiger partial charge < -0.3 is 15.0 Å². The number of β-lactam (4-membered cyclic amide) rings is 1. The van der Waals surface area contributed by atoms with E-state index < -0.39 is 23.3 Å². The molecule has 9 nitrogen and oxygen atoms in total. The molecule has 2 aliphatic heterocycles. The topological polar surface area (TPSA) is 117 Å². The normalized spacial score (nSPS) is 21.0. The Balaban J connectivity index is 1.44. The van der Waals surface area contributed by atoms with Crippen LogP contribution >= 0.6 is 34.9 Å². The van der Waals surface area contributed by atoms with Crippen molar-refractivity contribution in [1.29, 1.82) is 0 Å². The van der Waals surface area contributed by atoms with Crippen molar-refractivity contribution in [3.8, 4) is 0 Å². The molecule has 0 aromatic carbocycles. The lowest BCUT2D eigenvalue weighted by molar-refractivity contribution is -0.150. The maximum Gasteiger partial charge on any atom is 0.352 e. The van der Waals surface area contributed by atoms with Crippen LogP contribution in [0.3, 0.4) is 0 Å². The van der Waals surface area contributed by atoms with Crippen molar-refractivity contribution >= 4 is 52.6 Å². The first-order chi connectivity index (χ1) is 13.9. The second kappa shape index (κ2) is 8.20. The predicted octanol–water partition coefficient (Wildman–Crippen LogP) is 1.18. The van der Waals surface area contributed by atoms with Gasteiger partial charge in [-0.15, -0.1) is 22.0 Å². The maximum atomic E-state index is 12.6. The number of hydrogen-bond donors (Lipinski definition) is 2. The Morgan fingerprint density at radius 3 is 2.76 bits per heavy atom. The molecule has 1 fully saturated rings. The van der Waals surface area contributed by atoms with Crippen molar-refractivity contribution < 1.29 is 19.5 Å². The molecule has 0 saturated carbocycles. The van der Waals surface area contributed by atoms with Crippen LogP contribution in [0.25, 0.3) is 0 Å². The van der Waals surface area contributed by atoms with Gasteiger partial charge in [-0.2, -0.15) is 0 Å². The largest absolute Gasteiger partial charge is 0.477 e. The van der Waals surface area contributed by atoms with Crippen molar-refractivity contribution in [2.45, 2.75) is 29.2 Å². The number of rotatable bonds is 7. The number of fused-ring (bicyclic) bond motifs is 1. The van der Waals surface area contributed by atoms with Crippen LogP contribution < -0.4 is 5.32 Å². The van der Waals surface area contributed by atoms with Crippen molar-refractivity contribution in [3.05, 3.63) is 40.8 Å². The van der Waals surface area contributed by atoms with Gasteiger partial charge in [0.15, 0.2) is 4.34 Å². The molecule has 0 bridgehead atoms. The number of hydrogen-bond acceptors (Lipinski definition) is 8. The fourth-order valence-corrected chi connectivity index (χ4v) is 6.44. The Hall–Kier alpha value is -2.31. The Morgan fingerprint density at radius 2 is 2.10 bits per heavy atom. The number of nitrogens with one attached hydrogen (secondary N) is 1. The average Bonchev–Trinajstić information content (AvgIpc) is 3.35. The first kappa shape index (κ1) is 20.0. The van der Waals surface area contributed by atoms with E-state index in [1.54, 1.807) is 17.0 Å². The van der Waals surface area contributed by atoms with E-state index in [4.69, 9.17) is 0 Å². The van der Waals surface area contributed by atoms with Gasteiger partial charge in [-0.05, 0) is 24.6 Å². The molecule has 0 aliphatic carbocycles. The smallest absolute Gasteiger partial charge is 0.352 e. The summed E-state index contributed by atoms with van der Waals surface area (Å²) in [5.41, 5.74) is 0.686. The van der Waals surface area contributed by atoms with Crippen LogP contribution in [0.4, 0.5) is 0 Å². The summed E-state index contributed by atoms with van der Waals surface area (Å²) in [4.78, 5) is 38.0. The number of carboxylic acids is 1. The summed E-state index contributed by atoms with van der Waals surface area (Å²) in [6, 6.07) is 2.91. The highest BCUT2D eigenvalue weighted by Crippen LogP contribution is 2.41. The van der Waals surface area contributed by atoms with Crippen LogP contribution in [0.1, 0.15) is 5.01 Å². The van der Waals surface area contributed by atoms with Crippen LogP contribution in [0.2, 0.25) is 0 Å². The second-order valence-corrected chi connectivity index (χ2v) is 9.95. The zero-order chi connectivity index (χ0) is 20.5. The quantitative estimate of drug-likeness (QED) is 0.476. The summed E-state index contributed by atoms with van der Waals surface area (Å²) in [7, 11) is 0. The number of carboxylic acid groups (broad SMARTS) is 1. The minimum absolute atomic E-state index is 0.0170. The molecule has 4 heterocycles. The highest BCUT2D eigenvalue weighted by molar-refractivity contribution is 8.01. The Labute approximate surface area is 178 Å². The molecule has 2 aliphatic rings. The molecule has 0 radical (unpaired) electrons. The molecule has 0 unspecified atom stereocenters. The molecule has 0 spiro atoms. The number of amides is 2. The lowest BCUT2D eigenvalue weighted by Gasteiger charge is -2.49. The van der Waals surface area contributed by atoms with E-state index in [2.05, 4.69) is 15.5 Å². The monoisotopic (exact) mass is 451 g/mol. The second-order valence-electron chi connectivity index (χ2n) is 6.44. The summed E-state index contributed by atoms with van der Waals surface area (Å²) >= 11 is 4.32. The fraction of sp³-hybridized carbons (Fsp3) is 0.353. The van der Waals surface area contributed by atoms with Gasteiger partial charge >= 0.3 is 5.97 Å². The minimum atomic E-state index is -1.13. The van der Waals surface area contributed by atoms with E-state index in [9.17, 15) is 19.5 Å². The van der Waals surface area contributed by atoms with E-state index >= 15 is 0 Å². The van der Waals surface area contributed by atoms with Crippen LogP contribution in [0.15, 0.2) is 40.1 Å². The first-order valence-electron chi connectivity index (χ1n) is 8.67. The summed E-state index contributed by atoms with van der Waals surface area (Å²) in [6.45, 7) is 1.97. The third-order valence-corrected chi connectivity index (χ3v) is 7.83. The molecule has 2 amide bonds. The van der Waals surface area contributed by atoms with Crippen molar-refractivity contribution in [1.82, 2.24) is 25.0 Å². The molecular formula is C17H17N5O4S3. The van der Waals surface area contributed by atoms with Gasteiger partial charge in [0.2, 0.25) is 5.91 Å². The Morgan fingerprint density at radius 1 is 1.34 bits per heavy atom. The summed E-state index contributed by atoms with van der Waals surface area (Å²) in [5.74, 6) is -0.914. The van der Waals surface area contributed by atoms with Gasteiger partial charge in [0, 0.05) is 23.9 Å². The SMILES string of the molecule is Cc1nnc(SCC2=C(C(=O)O)N3C(=O)[C@@H](NC(=O)Cn4cccc4)[C@H]3SC2)s1. The van der Waals surface area contributed by atoms with Gasteiger partial charge in [-0.1, -0.05) is 23.1 Å². The zero-order valence-corrected chi connectivity index (χ0v) is 17.7. The van der Waals surface area contributed by atoms with Gasteiger partial charge in [0.1, 0.15) is 28.7 Å². The zero-order valence-electron chi connectivity index (χ0n) is 15.3. The van der Waals surface area contributed by atoms with Crippen LogP contribution in [0, 0.1) is 6.92 Å². The standard InChI is InChI=1S/C17H17N5O4S3/c1-9-19-20-17(29-9)28-8-10-7-27-15-12(14(24)22(15)13(10)16(25)26)18-11(23)6-21-4-2-3-5-21/h2-5,12,15H,6-8H2,1H3,(H,18,23)(H,25,26)/t12-,15-/m1/s1. The average molecular weight is 452 g/mol. The lowest BCUT2D eigenvalue weighted by atomic mass is 10.0. The molecule has 2 N–H and O–H groups in total. The van der Waals surface area contributed by atoms with Crippen LogP contribution in [0.5, 0.6) is 0 Å². The maximum absolute atomic E-state index is 12.6. The molecular weight excluding hydrogens is 434 g/mol. The van der Waals surface area contributed by atoms with Crippen molar-refractivity contribution in [3.63, 3.8) is 0 Å². The first-order valence-corrected chi connectivity index (χ1v) is 11.5. The number of carbonyl (C=O) groups excluding carboxylic acids is 2. The van der Waals surface area contributed by atoms with E-state index in [-0.39, 0.29) is 18.1 Å². The molecule has 152 valence electrons. The summed E-state index contributed by atoms with van der Waals surface area (Å²) in [5, 5.41) is 20.9. The molecule has 4 rings (SSSR count). The molecule has 2 aromatic heterocycles. The van der Waals surface area contributed by atoms with E-state index in [0.717, 1.165) is 9.35 Å². The van der Waals surface area contributed by atoms with E-state index in [0.29, 0.717) is 17.1 Å². The number of carbonyl (C=O) groups is 3. The van der Waals surface area contributed by atoms with Gasteiger partial charge in [0.25, 0.3) is 5.91 Å². The van der Waals surface area contributed by atoms with Crippen molar-refractivity contribution in [2.75, 3.05) is 11.5 Å². The lowest BCUT2D eigenvalue weighted by Crippen LogP contribution is -2.70. The van der Waals surface area contributed by atoms with Crippen LogP contribution in [-0.2, 0) is 20.9 Å². The summed E-state index contributed by atoms with van der Waals surface area (Å²) in [6.07, 6.45) is 3.52. The third-order valence-electron chi connectivity index (χ3n) is 4.44. The summed E-state index contributed by atoms with van der Waals surface area (Å²) < 4.78 is 2.47. The number of aromatic nitrogens is 3. The van der Waals surface area contributed by atoms with Crippen LogP contribution in [-0.4, -0.2) is 65.5 Å². The molecule has 2 atom stereocenters. The minimum Gasteiger partial charge on any atom is -0.477 e. The molecule has 1 saturated heterocycles. The third kappa shape index (κ3) is 4.05. The van der Waals surface area contributed by atoms with Gasteiger partial charge in [-0.25, -0.2) is 4.79 Å². The fourth-order valence-electron chi connectivity index (χ4n) is 3.14. The Bertz CT molecular complexity index is 987. The molecule has 12 heteroatoms. The van der Waals surface area contributed by atoms with Gasteiger partial charge in [0.05, 0.1) is 0 Å². The van der Waals surface area contributed by atoms with Crippen molar-refractivity contribution in [2.24, 2.45) is 0 Å². The number of aryl methyl sites for hydroxylation is 1. The highest BCUT2D eigenvalue weighted by atomic mass is 32.2. The highest BCUT2D eigenvalue weighted by Gasteiger charge is 2.54. The van der Waals surface area contributed by atoms with Gasteiger partial charge in [-0.3, -0.25) is 14.5 Å². The Kier molecular flexibility index (Phi) is 5.65. The van der Waals surface area contributed by atoms with E-state index in [1.807, 2.05) is 19.1 Å². The number of nitrogens with zero attached hydrogens (tertiary/aromatic N) is 4. The molecule has 2 aromatic rings. The van der Waals surface area contributed by atoms with E-state index in [1.165, 1.54) is 39.8 Å². The molecule has 29 heavy (non-hydrogen) atoms. The number of aliphatic carboxylic acids is 1.